The predicted octanol–water partition coefficient (Wildman–Crippen LogP) is 2.12. The Balaban J connectivity index is 0. The van der Waals surface area contributed by atoms with Crippen molar-refractivity contribution in [3.8, 4) is 0 Å². The quantitative estimate of drug-likeness (QED) is 0.313. The van der Waals surface area contributed by atoms with Gasteiger partial charge in [-0.15, -0.1) is 0 Å². The van der Waals surface area contributed by atoms with Crippen LogP contribution in [0.25, 0.3) is 0 Å². The summed E-state index contributed by atoms with van der Waals surface area (Å²) in [6.07, 6.45) is 3.56. The van der Waals surface area contributed by atoms with Gasteiger partial charge in [-0.1, -0.05) is 31.4 Å². The van der Waals surface area contributed by atoms with Crippen LogP contribution in [0.4, 0.5) is 0 Å². The third kappa shape index (κ3) is 46.1. The van der Waals surface area contributed by atoms with Crippen molar-refractivity contribution in [2.45, 2.75) is 6.92 Å². The zero-order valence-electron chi connectivity index (χ0n) is 5.76. The highest BCUT2D eigenvalue weighted by atomic mass is 16.1. The van der Waals surface area contributed by atoms with Crippen LogP contribution in [0.5, 0.6) is 0 Å². The Hall–Kier alpha value is -1.11. The van der Waals surface area contributed by atoms with Crippen molar-refractivity contribution >= 4 is 6.29 Å². The molecular weight excluding hydrogens is 112 g/mol. The second kappa shape index (κ2) is 10.00. The van der Waals surface area contributed by atoms with Gasteiger partial charge in [0.1, 0.15) is 6.29 Å². The minimum absolute atomic E-state index is 0.639. The Morgan fingerprint density at radius 1 is 1.44 bits per heavy atom. The fraction of sp³-hybridized carbons (Fsp3) is 0.125. The molecule has 1 nitrogen and oxygen atoms in total. The molecule has 9 heavy (non-hydrogen) atoms. The van der Waals surface area contributed by atoms with E-state index in [0.29, 0.717) is 6.29 Å². The molecule has 0 fully saturated rings. The molecule has 0 bridgehead atoms. The van der Waals surface area contributed by atoms with Crippen LogP contribution in [0.15, 0.2) is 37.5 Å². The second-order valence-electron chi connectivity index (χ2n) is 1.42. The number of aldehydes is 1. The van der Waals surface area contributed by atoms with Gasteiger partial charge in [0.05, 0.1) is 0 Å². The van der Waals surface area contributed by atoms with Gasteiger partial charge in [0.2, 0.25) is 0 Å². The number of hydrogen-bond donors (Lipinski definition) is 0. The van der Waals surface area contributed by atoms with Gasteiger partial charge in [0.15, 0.2) is 0 Å². The van der Waals surface area contributed by atoms with E-state index in [0.717, 1.165) is 5.57 Å². The maximum atomic E-state index is 9.06. The number of hydrogen-bond acceptors (Lipinski definition) is 1. The summed E-state index contributed by atoms with van der Waals surface area (Å²) in [5, 5.41) is 0. The average molecular weight is 124 g/mol. The summed E-state index contributed by atoms with van der Waals surface area (Å²) >= 11 is 0. The van der Waals surface area contributed by atoms with Crippen molar-refractivity contribution in [1.82, 2.24) is 0 Å². The fourth-order valence-corrected chi connectivity index (χ4v) is 0. The molecule has 0 unspecified atom stereocenters. The lowest BCUT2D eigenvalue weighted by Gasteiger charge is -1.71. The molecule has 0 aliphatic rings. The largest absolute Gasteiger partial charge is 0.299 e. The molecule has 0 atom stereocenters. The van der Waals surface area contributed by atoms with E-state index in [-0.39, 0.29) is 0 Å². The maximum absolute atomic E-state index is 9.06. The molecule has 0 N–H and O–H groups in total. The molecular formula is C8H12O. The zero-order valence-corrected chi connectivity index (χ0v) is 5.76. The van der Waals surface area contributed by atoms with Crippen molar-refractivity contribution in [1.29, 1.82) is 0 Å². The number of carbonyl (C=O) groups is 1. The molecule has 0 aromatic carbocycles. The van der Waals surface area contributed by atoms with Crippen LogP contribution in [0.2, 0.25) is 0 Å². The van der Waals surface area contributed by atoms with Crippen molar-refractivity contribution < 1.29 is 4.79 Å². The lowest BCUT2D eigenvalue weighted by atomic mass is 10.4. The van der Waals surface area contributed by atoms with E-state index >= 15 is 0 Å². The van der Waals surface area contributed by atoms with Crippen LogP contribution in [-0.4, -0.2) is 6.29 Å². The molecule has 50 valence electrons. The van der Waals surface area contributed by atoms with Crippen LogP contribution < -0.4 is 0 Å². The SMILES string of the molecule is C=CC(=C)C.C=CC=O. The van der Waals surface area contributed by atoms with Crippen LogP contribution in [0.3, 0.4) is 0 Å². The highest BCUT2D eigenvalue weighted by molar-refractivity contribution is 5.63. The van der Waals surface area contributed by atoms with E-state index in [1.807, 2.05) is 6.92 Å². The molecule has 0 saturated heterocycles. The number of rotatable bonds is 2. The average Bonchev–Trinajstić information content (AvgIpc) is 1.89. The molecule has 0 saturated carbocycles. The van der Waals surface area contributed by atoms with Gasteiger partial charge in [0.25, 0.3) is 0 Å². The third-order valence-electron chi connectivity index (χ3n) is 0.445. The van der Waals surface area contributed by atoms with Gasteiger partial charge in [-0.05, 0) is 13.0 Å². The predicted molar refractivity (Wildman–Crippen MR) is 41.3 cm³/mol. The van der Waals surface area contributed by atoms with Crippen LogP contribution in [0.1, 0.15) is 6.92 Å². The van der Waals surface area contributed by atoms with Crippen molar-refractivity contribution in [2.24, 2.45) is 0 Å². The van der Waals surface area contributed by atoms with Crippen LogP contribution in [0, 0.1) is 0 Å². The Kier molecular flexibility index (Phi) is 12.0. The summed E-state index contributed by atoms with van der Waals surface area (Å²) in [6.45, 7) is 12.0. The maximum Gasteiger partial charge on any atom is 0.142 e. The highest BCUT2D eigenvalue weighted by Crippen LogP contribution is 1.81. The normalized spacial score (nSPS) is 5.89. The van der Waals surface area contributed by atoms with E-state index in [1.165, 1.54) is 6.08 Å². The summed E-state index contributed by atoms with van der Waals surface area (Å²) in [7, 11) is 0. The van der Waals surface area contributed by atoms with E-state index < -0.39 is 0 Å². The first-order valence-electron chi connectivity index (χ1n) is 2.53. The lowest BCUT2D eigenvalue weighted by Crippen LogP contribution is -1.50. The Labute approximate surface area is 56.4 Å². The summed E-state index contributed by atoms with van der Waals surface area (Å²) in [6, 6.07) is 0. The molecule has 0 amide bonds. The first-order chi connectivity index (χ1) is 4.18. The highest BCUT2D eigenvalue weighted by Gasteiger charge is 1.59. The van der Waals surface area contributed by atoms with Crippen molar-refractivity contribution in [2.75, 3.05) is 0 Å². The van der Waals surface area contributed by atoms with Gasteiger partial charge in [-0.25, -0.2) is 0 Å². The smallest absolute Gasteiger partial charge is 0.142 e. The number of carbonyl (C=O) groups excluding carboxylic acids is 1. The minimum atomic E-state index is 0.639. The molecule has 0 rings (SSSR count). The standard InChI is InChI=1S/C5H8.C3H4O/c1-4-5(2)3;1-2-3-4/h4H,1-2H2,3H3;2-3H,1H2. The van der Waals surface area contributed by atoms with Gasteiger partial charge >= 0.3 is 0 Å². The van der Waals surface area contributed by atoms with Crippen molar-refractivity contribution in [3.63, 3.8) is 0 Å². The molecule has 0 aliphatic carbocycles. The first kappa shape index (κ1) is 10.8. The monoisotopic (exact) mass is 124 g/mol. The second-order valence-corrected chi connectivity index (χ2v) is 1.42. The Bertz CT molecular complexity index is 106. The van der Waals surface area contributed by atoms with E-state index in [1.54, 1.807) is 6.08 Å². The van der Waals surface area contributed by atoms with Gasteiger partial charge in [0, 0.05) is 0 Å². The topological polar surface area (TPSA) is 17.1 Å². The summed E-state index contributed by atoms with van der Waals surface area (Å²) in [5.41, 5.74) is 1.02. The summed E-state index contributed by atoms with van der Waals surface area (Å²) < 4.78 is 0. The fourth-order valence-electron chi connectivity index (χ4n) is 0. The molecule has 0 aromatic heterocycles. The van der Waals surface area contributed by atoms with Gasteiger partial charge < -0.3 is 0 Å². The minimum Gasteiger partial charge on any atom is -0.299 e. The van der Waals surface area contributed by atoms with E-state index in [2.05, 4.69) is 19.7 Å². The molecule has 0 aliphatic heterocycles. The first-order valence-corrected chi connectivity index (χ1v) is 2.53. The Morgan fingerprint density at radius 2 is 1.67 bits per heavy atom. The summed E-state index contributed by atoms with van der Waals surface area (Å²) in [4.78, 5) is 9.06. The van der Waals surface area contributed by atoms with E-state index in [4.69, 9.17) is 4.79 Å². The van der Waals surface area contributed by atoms with E-state index in [9.17, 15) is 0 Å². The number of allylic oxidation sites excluding steroid dienone is 3. The molecule has 0 aromatic rings. The molecule has 0 spiro atoms. The zero-order chi connectivity index (χ0) is 7.70. The van der Waals surface area contributed by atoms with Crippen molar-refractivity contribution in [3.05, 3.63) is 37.5 Å². The third-order valence-corrected chi connectivity index (χ3v) is 0.445. The molecule has 1 heteroatoms. The molecule has 0 radical (unpaired) electrons. The summed E-state index contributed by atoms with van der Waals surface area (Å²) in [5.74, 6) is 0. The molecule has 0 heterocycles. The van der Waals surface area contributed by atoms with Crippen LogP contribution in [-0.2, 0) is 4.79 Å². The Morgan fingerprint density at radius 3 is 1.67 bits per heavy atom. The lowest BCUT2D eigenvalue weighted by molar-refractivity contribution is -0.104. The van der Waals surface area contributed by atoms with Crippen LogP contribution >= 0.6 is 0 Å². The van der Waals surface area contributed by atoms with Gasteiger partial charge in [-0.2, -0.15) is 0 Å². The van der Waals surface area contributed by atoms with Gasteiger partial charge in [-0.3, -0.25) is 4.79 Å².